The molecule has 2 heterocycles. The van der Waals surface area contributed by atoms with Crippen molar-refractivity contribution in [2.24, 2.45) is 0 Å². The Morgan fingerprint density at radius 1 is 1.17 bits per heavy atom. The van der Waals surface area contributed by atoms with Gasteiger partial charge in [-0.15, -0.1) is 0 Å². The van der Waals surface area contributed by atoms with Gasteiger partial charge in [0.05, 0.1) is 12.1 Å². The van der Waals surface area contributed by atoms with Crippen LogP contribution in [0.2, 0.25) is 0 Å². The van der Waals surface area contributed by atoms with Gasteiger partial charge in [0, 0.05) is 17.8 Å². The number of amides is 1. The Labute approximate surface area is 138 Å². The van der Waals surface area contributed by atoms with Crippen LogP contribution in [0, 0.1) is 5.82 Å². The van der Waals surface area contributed by atoms with Crippen LogP contribution >= 0.6 is 0 Å². The molecule has 1 fully saturated rings. The summed E-state index contributed by atoms with van der Waals surface area (Å²) in [6.07, 6.45) is 3.72. The number of anilines is 1. The van der Waals surface area contributed by atoms with Gasteiger partial charge in [0.25, 0.3) is 0 Å². The minimum absolute atomic E-state index is 0.00742. The van der Waals surface area contributed by atoms with E-state index in [2.05, 4.69) is 4.98 Å². The maximum atomic E-state index is 13.4. The third-order valence-electron chi connectivity index (χ3n) is 4.35. The standard InChI is InChI=1S/C19H15FN2O2/c20-15-3-1-2-14(10-15)17-8-9-22(19(17)23)16-6-4-13(5-7-16)18-11-21-12-24-18/h1-7,10-12,17H,8-9H2/t17-/m1/s1. The highest BCUT2D eigenvalue weighted by Gasteiger charge is 2.33. The number of oxazole rings is 1. The molecule has 1 aliphatic heterocycles. The van der Waals surface area contributed by atoms with Gasteiger partial charge in [0.1, 0.15) is 5.82 Å². The fraction of sp³-hybridized carbons (Fsp3) is 0.158. The maximum Gasteiger partial charge on any atom is 0.234 e. The van der Waals surface area contributed by atoms with E-state index in [9.17, 15) is 9.18 Å². The number of carbonyl (C=O) groups excluding carboxylic acids is 1. The summed E-state index contributed by atoms with van der Waals surface area (Å²) < 4.78 is 18.7. The molecule has 3 aromatic rings. The highest BCUT2D eigenvalue weighted by Crippen LogP contribution is 2.33. The van der Waals surface area contributed by atoms with Gasteiger partial charge in [0.15, 0.2) is 12.2 Å². The van der Waals surface area contributed by atoms with Crippen molar-refractivity contribution in [2.75, 3.05) is 11.4 Å². The molecule has 1 aromatic heterocycles. The minimum Gasteiger partial charge on any atom is -0.444 e. The topological polar surface area (TPSA) is 46.3 Å². The lowest BCUT2D eigenvalue weighted by Crippen LogP contribution is -2.26. The van der Waals surface area contributed by atoms with E-state index < -0.39 is 0 Å². The molecule has 0 spiro atoms. The molecule has 4 nitrogen and oxygen atoms in total. The van der Waals surface area contributed by atoms with Gasteiger partial charge in [0.2, 0.25) is 5.91 Å². The second-order valence-corrected chi connectivity index (χ2v) is 5.80. The summed E-state index contributed by atoms with van der Waals surface area (Å²) in [6.45, 7) is 0.627. The Kier molecular flexibility index (Phi) is 3.61. The number of rotatable bonds is 3. The van der Waals surface area contributed by atoms with Gasteiger partial charge in [-0.3, -0.25) is 4.79 Å². The Balaban J connectivity index is 1.56. The number of nitrogens with zero attached hydrogens (tertiary/aromatic N) is 2. The lowest BCUT2D eigenvalue weighted by molar-refractivity contribution is -0.118. The van der Waals surface area contributed by atoms with Crippen LogP contribution in [-0.2, 0) is 4.79 Å². The van der Waals surface area contributed by atoms with Crippen molar-refractivity contribution in [3.8, 4) is 11.3 Å². The van der Waals surface area contributed by atoms with Crippen LogP contribution in [0.25, 0.3) is 11.3 Å². The fourth-order valence-corrected chi connectivity index (χ4v) is 3.13. The average molecular weight is 322 g/mol. The molecule has 5 heteroatoms. The number of halogens is 1. The van der Waals surface area contributed by atoms with Crippen molar-refractivity contribution in [3.05, 3.63) is 72.5 Å². The lowest BCUT2D eigenvalue weighted by Gasteiger charge is -2.17. The normalized spacial score (nSPS) is 17.5. The van der Waals surface area contributed by atoms with Crippen molar-refractivity contribution in [2.45, 2.75) is 12.3 Å². The summed E-state index contributed by atoms with van der Waals surface area (Å²) in [4.78, 5) is 18.4. The second-order valence-electron chi connectivity index (χ2n) is 5.80. The first kappa shape index (κ1) is 14.6. The van der Waals surface area contributed by atoms with Crippen LogP contribution in [0.1, 0.15) is 17.9 Å². The molecule has 0 saturated carbocycles. The summed E-state index contributed by atoms with van der Waals surface area (Å²) in [5, 5.41) is 0. The van der Waals surface area contributed by atoms with Crippen LogP contribution in [0.3, 0.4) is 0 Å². The zero-order valence-corrected chi connectivity index (χ0v) is 12.9. The molecule has 1 saturated heterocycles. The number of aromatic nitrogens is 1. The third-order valence-corrected chi connectivity index (χ3v) is 4.35. The summed E-state index contributed by atoms with van der Waals surface area (Å²) in [7, 11) is 0. The lowest BCUT2D eigenvalue weighted by atomic mass is 9.98. The van der Waals surface area contributed by atoms with Gasteiger partial charge < -0.3 is 9.32 Å². The van der Waals surface area contributed by atoms with Crippen molar-refractivity contribution in [1.29, 1.82) is 0 Å². The van der Waals surface area contributed by atoms with Gasteiger partial charge >= 0.3 is 0 Å². The van der Waals surface area contributed by atoms with Gasteiger partial charge in [-0.1, -0.05) is 12.1 Å². The van der Waals surface area contributed by atoms with E-state index in [4.69, 9.17) is 4.42 Å². The predicted octanol–water partition coefficient (Wildman–Crippen LogP) is 4.00. The second kappa shape index (κ2) is 5.92. The number of benzene rings is 2. The Morgan fingerprint density at radius 2 is 2.00 bits per heavy atom. The van der Waals surface area contributed by atoms with Crippen molar-refractivity contribution in [1.82, 2.24) is 4.98 Å². The van der Waals surface area contributed by atoms with Gasteiger partial charge in [-0.05, 0) is 48.4 Å². The fourth-order valence-electron chi connectivity index (χ4n) is 3.13. The molecule has 0 bridgehead atoms. The van der Waals surface area contributed by atoms with Crippen LogP contribution in [0.4, 0.5) is 10.1 Å². The van der Waals surface area contributed by atoms with E-state index in [0.717, 1.165) is 16.8 Å². The maximum absolute atomic E-state index is 13.4. The largest absolute Gasteiger partial charge is 0.444 e. The Hall–Kier alpha value is -2.95. The SMILES string of the molecule is O=C1[C@@H](c2cccc(F)c2)CCN1c1ccc(-c2cnco2)cc1. The zero-order chi connectivity index (χ0) is 16.5. The van der Waals surface area contributed by atoms with E-state index in [1.54, 1.807) is 17.2 Å². The molecule has 4 rings (SSSR count). The smallest absolute Gasteiger partial charge is 0.234 e. The summed E-state index contributed by atoms with van der Waals surface area (Å²) in [6, 6.07) is 13.9. The van der Waals surface area contributed by atoms with Crippen LogP contribution in [-0.4, -0.2) is 17.4 Å². The summed E-state index contributed by atoms with van der Waals surface area (Å²) >= 11 is 0. The van der Waals surface area contributed by atoms with Crippen LogP contribution in [0.5, 0.6) is 0 Å². The molecule has 0 radical (unpaired) electrons. The molecule has 1 amide bonds. The van der Waals surface area contributed by atoms with Crippen LogP contribution in [0.15, 0.2) is 65.5 Å². The highest BCUT2D eigenvalue weighted by molar-refractivity contribution is 6.00. The minimum atomic E-state index is -0.310. The molecule has 0 aliphatic carbocycles. The molecule has 1 atom stereocenters. The first-order valence-electron chi connectivity index (χ1n) is 7.78. The number of carbonyl (C=O) groups is 1. The van der Waals surface area contributed by atoms with Crippen molar-refractivity contribution >= 4 is 11.6 Å². The van der Waals surface area contributed by atoms with Crippen molar-refractivity contribution < 1.29 is 13.6 Å². The molecule has 120 valence electrons. The number of hydrogen-bond donors (Lipinski definition) is 0. The molecular weight excluding hydrogens is 307 g/mol. The molecular formula is C19H15FN2O2. The van der Waals surface area contributed by atoms with E-state index in [1.165, 1.54) is 18.5 Å². The summed E-state index contributed by atoms with van der Waals surface area (Å²) in [5.74, 6) is 0.102. The summed E-state index contributed by atoms with van der Waals surface area (Å²) in [5.41, 5.74) is 2.48. The first-order valence-corrected chi connectivity index (χ1v) is 7.78. The van der Waals surface area contributed by atoms with Crippen LogP contribution < -0.4 is 4.90 Å². The average Bonchev–Trinajstić information content (AvgIpc) is 3.25. The van der Waals surface area contributed by atoms with E-state index in [0.29, 0.717) is 18.7 Å². The molecule has 1 aliphatic rings. The third kappa shape index (κ3) is 2.58. The molecule has 2 aromatic carbocycles. The molecule has 0 unspecified atom stereocenters. The van der Waals surface area contributed by atoms with E-state index in [1.807, 2.05) is 30.3 Å². The first-order chi connectivity index (χ1) is 11.7. The molecule has 24 heavy (non-hydrogen) atoms. The Morgan fingerprint density at radius 3 is 2.71 bits per heavy atom. The Bertz CT molecular complexity index is 859. The monoisotopic (exact) mass is 322 g/mol. The molecule has 0 N–H and O–H groups in total. The van der Waals surface area contributed by atoms with Gasteiger partial charge in [-0.2, -0.15) is 0 Å². The van der Waals surface area contributed by atoms with Gasteiger partial charge in [-0.25, -0.2) is 9.37 Å². The zero-order valence-electron chi connectivity index (χ0n) is 12.9. The highest BCUT2D eigenvalue weighted by atomic mass is 19.1. The predicted molar refractivity (Wildman–Crippen MR) is 88.1 cm³/mol. The number of hydrogen-bond acceptors (Lipinski definition) is 3. The van der Waals surface area contributed by atoms with E-state index in [-0.39, 0.29) is 17.6 Å². The quantitative estimate of drug-likeness (QED) is 0.732. The van der Waals surface area contributed by atoms with Crippen molar-refractivity contribution in [3.63, 3.8) is 0 Å². The van der Waals surface area contributed by atoms with E-state index >= 15 is 0 Å².